The molecule has 7 nitrogen and oxygen atoms in total. The van der Waals surface area contributed by atoms with E-state index in [2.05, 4.69) is 31.2 Å². The zero-order valence-electron chi connectivity index (χ0n) is 14.5. The second-order valence-electron chi connectivity index (χ2n) is 6.23. The summed E-state index contributed by atoms with van der Waals surface area (Å²) in [6.07, 6.45) is 2.65. The Balaban J connectivity index is 1.90. The fraction of sp³-hybridized carbons (Fsp3) is 0.412. The number of non-ortho nitro benzene ring substituents is 1. The van der Waals surface area contributed by atoms with E-state index in [4.69, 9.17) is 0 Å². The monoisotopic (exact) mass is 362 g/mol. The molecule has 2 aromatic rings. The van der Waals surface area contributed by atoms with E-state index >= 15 is 0 Å². The molecular weight excluding hydrogens is 340 g/mol. The number of carbonyl (C=O) groups excluding carboxylic acids is 1. The maximum atomic E-state index is 12.2. The second-order valence-corrected chi connectivity index (χ2v) is 7.28. The number of nitro benzene ring substituents is 1. The van der Waals surface area contributed by atoms with E-state index < -0.39 is 4.92 Å². The lowest BCUT2D eigenvalue weighted by atomic mass is 10.1. The number of nitrogens with zero attached hydrogens (tertiary/aromatic N) is 3. The van der Waals surface area contributed by atoms with Crippen LogP contribution < -0.4 is 5.32 Å². The number of benzene rings is 1. The highest BCUT2D eigenvalue weighted by atomic mass is 32.2. The first kappa shape index (κ1) is 19.0. The Labute approximate surface area is 151 Å². The van der Waals surface area contributed by atoms with Crippen molar-refractivity contribution < 1.29 is 9.72 Å². The molecule has 1 aromatic heterocycles. The predicted molar refractivity (Wildman–Crippen MR) is 98.8 cm³/mol. The number of hydrogen-bond acceptors (Lipinski definition) is 5. The van der Waals surface area contributed by atoms with Crippen LogP contribution in [0.2, 0.25) is 0 Å². The Hall–Kier alpha value is -2.35. The molecule has 1 aromatic carbocycles. The molecule has 0 aliphatic heterocycles. The molecule has 1 heterocycles. The van der Waals surface area contributed by atoms with Crippen molar-refractivity contribution in [3.05, 3.63) is 46.6 Å². The van der Waals surface area contributed by atoms with Crippen molar-refractivity contribution in [1.29, 1.82) is 0 Å². The highest BCUT2D eigenvalue weighted by Crippen LogP contribution is 2.23. The third-order valence-electron chi connectivity index (χ3n) is 3.59. The van der Waals surface area contributed by atoms with Crippen LogP contribution in [-0.2, 0) is 4.79 Å². The second kappa shape index (κ2) is 8.66. The summed E-state index contributed by atoms with van der Waals surface area (Å²) < 4.78 is 1.83. The van der Waals surface area contributed by atoms with Crippen LogP contribution in [0.15, 0.2) is 41.4 Å². The molecule has 0 spiro atoms. The molecule has 8 heteroatoms. The van der Waals surface area contributed by atoms with Gasteiger partial charge in [-0.2, -0.15) is 5.10 Å². The minimum Gasteiger partial charge on any atom is -0.310 e. The molecule has 0 aliphatic carbocycles. The molecule has 2 rings (SSSR count). The molecule has 25 heavy (non-hydrogen) atoms. The van der Waals surface area contributed by atoms with Crippen molar-refractivity contribution in [2.45, 2.75) is 38.1 Å². The molecule has 134 valence electrons. The highest BCUT2D eigenvalue weighted by molar-refractivity contribution is 8.00. The molecule has 0 saturated heterocycles. The van der Waals surface area contributed by atoms with Crippen molar-refractivity contribution in [2.24, 2.45) is 5.92 Å². The van der Waals surface area contributed by atoms with Gasteiger partial charge in [0, 0.05) is 23.1 Å². The Kier molecular flexibility index (Phi) is 6.58. The first-order valence-corrected chi connectivity index (χ1v) is 9.06. The summed E-state index contributed by atoms with van der Waals surface area (Å²) in [5.74, 6) is 1.31. The molecule has 0 radical (unpaired) electrons. The van der Waals surface area contributed by atoms with Gasteiger partial charge in [-0.05, 0) is 31.4 Å². The lowest BCUT2D eigenvalue weighted by molar-refractivity contribution is -0.384. The average molecular weight is 362 g/mol. The van der Waals surface area contributed by atoms with Crippen LogP contribution in [0.4, 0.5) is 11.5 Å². The summed E-state index contributed by atoms with van der Waals surface area (Å²) >= 11 is 1.33. The molecule has 1 N–H and O–H groups in total. The minimum absolute atomic E-state index is 0.0387. The van der Waals surface area contributed by atoms with E-state index in [0.29, 0.717) is 11.7 Å². The van der Waals surface area contributed by atoms with E-state index in [1.54, 1.807) is 24.4 Å². The molecule has 1 unspecified atom stereocenters. The molecule has 0 bridgehead atoms. The molecule has 1 atom stereocenters. The maximum Gasteiger partial charge on any atom is 0.269 e. The van der Waals surface area contributed by atoms with Crippen LogP contribution in [0.3, 0.4) is 0 Å². The third kappa shape index (κ3) is 5.60. The van der Waals surface area contributed by atoms with Gasteiger partial charge < -0.3 is 5.32 Å². The number of amides is 1. The van der Waals surface area contributed by atoms with Gasteiger partial charge in [-0.1, -0.05) is 13.8 Å². The number of rotatable bonds is 8. The van der Waals surface area contributed by atoms with E-state index in [9.17, 15) is 14.9 Å². The van der Waals surface area contributed by atoms with Crippen LogP contribution in [0.5, 0.6) is 0 Å². The fourth-order valence-electron chi connectivity index (χ4n) is 2.54. The first-order valence-electron chi connectivity index (χ1n) is 8.07. The van der Waals surface area contributed by atoms with Crippen LogP contribution in [0.25, 0.3) is 0 Å². The Bertz CT molecular complexity index is 728. The SMILES string of the molecule is CC(C)CC(C)n1nccc1NC(=O)CSc1ccc([N+](=O)[O-])cc1. The van der Waals surface area contributed by atoms with Crippen LogP contribution >= 0.6 is 11.8 Å². The van der Waals surface area contributed by atoms with Crippen molar-refractivity contribution in [2.75, 3.05) is 11.1 Å². The van der Waals surface area contributed by atoms with Gasteiger partial charge >= 0.3 is 0 Å². The Morgan fingerprint density at radius 2 is 1.96 bits per heavy atom. The predicted octanol–water partition coefficient (Wildman–Crippen LogP) is 4.13. The Morgan fingerprint density at radius 3 is 2.56 bits per heavy atom. The van der Waals surface area contributed by atoms with Gasteiger partial charge in [0.1, 0.15) is 5.82 Å². The zero-order valence-corrected chi connectivity index (χ0v) is 15.3. The molecule has 0 aliphatic rings. The van der Waals surface area contributed by atoms with Crippen LogP contribution in [0.1, 0.15) is 33.2 Å². The van der Waals surface area contributed by atoms with Gasteiger partial charge in [0.2, 0.25) is 5.91 Å². The van der Waals surface area contributed by atoms with Crippen LogP contribution in [-0.4, -0.2) is 26.4 Å². The van der Waals surface area contributed by atoms with Crippen LogP contribution in [0, 0.1) is 16.0 Å². The summed E-state index contributed by atoms with van der Waals surface area (Å²) in [5, 5.41) is 17.8. The number of thioether (sulfide) groups is 1. The fourth-order valence-corrected chi connectivity index (χ4v) is 3.24. The zero-order chi connectivity index (χ0) is 18.4. The van der Waals surface area contributed by atoms with Gasteiger partial charge in [0.25, 0.3) is 5.69 Å². The van der Waals surface area contributed by atoms with E-state index in [-0.39, 0.29) is 23.4 Å². The maximum absolute atomic E-state index is 12.2. The molecule has 1 amide bonds. The normalized spacial score (nSPS) is 12.2. The van der Waals surface area contributed by atoms with Gasteiger partial charge in [0.15, 0.2) is 0 Å². The Morgan fingerprint density at radius 1 is 1.28 bits per heavy atom. The van der Waals surface area contributed by atoms with Crippen molar-refractivity contribution >= 4 is 29.2 Å². The minimum atomic E-state index is -0.444. The number of aromatic nitrogens is 2. The molecule has 0 fully saturated rings. The lowest BCUT2D eigenvalue weighted by Gasteiger charge is -2.17. The summed E-state index contributed by atoms with van der Waals surface area (Å²) in [6.45, 7) is 6.38. The van der Waals surface area contributed by atoms with Gasteiger partial charge in [-0.25, -0.2) is 4.68 Å². The van der Waals surface area contributed by atoms with Crippen molar-refractivity contribution in [1.82, 2.24) is 9.78 Å². The van der Waals surface area contributed by atoms with Gasteiger partial charge in [-0.3, -0.25) is 14.9 Å². The molecular formula is C17H22N4O3S. The standard InChI is InChI=1S/C17H22N4O3S/c1-12(2)10-13(3)20-16(8-9-18-20)19-17(22)11-25-15-6-4-14(5-7-15)21(23)24/h4-9,12-13H,10-11H2,1-3H3,(H,19,22). The largest absolute Gasteiger partial charge is 0.310 e. The summed E-state index contributed by atoms with van der Waals surface area (Å²) in [7, 11) is 0. The smallest absolute Gasteiger partial charge is 0.269 e. The van der Waals surface area contributed by atoms with Crippen molar-refractivity contribution in [3.63, 3.8) is 0 Å². The number of nitrogens with one attached hydrogen (secondary N) is 1. The lowest BCUT2D eigenvalue weighted by Crippen LogP contribution is -2.19. The first-order chi connectivity index (χ1) is 11.9. The number of anilines is 1. The quantitative estimate of drug-likeness (QED) is 0.433. The highest BCUT2D eigenvalue weighted by Gasteiger charge is 2.14. The third-order valence-corrected chi connectivity index (χ3v) is 4.60. The topological polar surface area (TPSA) is 90.1 Å². The van der Waals surface area contributed by atoms with E-state index in [0.717, 1.165) is 11.3 Å². The average Bonchev–Trinajstić information content (AvgIpc) is 3.01. The van der Waals surface area contributed by atoms with Gasteiger partial charge in [-0.15, -0.1) is 11.8 Å². The van der Waals surface area contributed by atoms with Gasteiger partial charge in [0.05, 0.1) is 22.9 Å². The van der Waals surface area contributed by atoms with E-state index in [1.807, 2.05) is 4.68 Å². The number of nitro groups is 1. The molecule has 0 saturated carbocycles. The number of carbonyl (C=O) groups is 1. The van der Waals surface area contributed by atoms with Crippen molar-refractivity contribution in [3.8, 4) is 0 Å². The number of hydrogen-bond donors (Lipinski definition) is 1. The van der Waals surface area contributed by atoms with E-state index in [1.165, 1.54) is 23.9 Å². The summed E-state index contributed by atoms with van der Waals surface area (Å²) in [4.78, 5) is 23.2. The summed E-state index contributed by atoms with van der Waals surface area (Å²) in [5.41, 5.74) is 0.0387. The summed E-state index contributed by atoms with van der Waals surface area (Å²) in [6, 6.07) is 8.14.